The molecule has 0 radical (unpaired) electrons. The molecule has 0 amide bonds. The molecule has 1 N–H and O–H groups in total. The van der Waals surface area contributed by atoms with Crippen LogP contribution in [0.25, 0.3) is 22.8 Å². The molecule has 3 aromatic rings. The minimum absolute atomic E-state index is 0. The molecule has 0 atom stereocenters. The van der Waals surface area contributed by atoms with Crippen molar-refractivity contribution in [2.45, 2.75) is 0 Å². The van der Waals surface area contributed by atoms with Crippen LogP contribution in [0.1, 0.15) is 11.8 Å². The molecule has 0 saturated heterocycles. The van der Waals surface area contributed by atoms with Crippen molar-refractivity contribution in [2.75, 3.05) is 0 Å². The summed E-state index contributed by atoms with van der Waals surface area (Å²) in [5.74, 6) is -0.0808. The second-order valence-electron chi connectivity index (χ2n) is 4.25. The third-order valence-corrected chi connectivity index (χ3v) is 2.95. The zero-order valence-corrected chi connectivity index (χ0v) is 14.6. The van der Waals surface area contributed by atoms with E-state index in [4.69, 9.17) is 4.42 Å². The molecule has 5 heteroatoms. The fraction of sp³-hybridized carbons (Fsp3) is 0. The van der Waals surface area contributed by atoms with Gasteiger partial charge in [0.15, 0.2) is 5.76 Å². The Labute approximate surface area is 165 Å². The summed E-state index contributed by atoms with van der Waals surface area (Å²) in [6, 6.07) is 16.2. The fourth-order valence-corrected chi connectivity index (χ4v) is 1.99. The Morgan fingerprint density at radius 3 is 2.43 bits per heavy atom. The Morgan fingerprint density at radius 2 is 1.71 bits per heavy atom. The summed E-state index contributed by atoms with van der Waals surface area (Å²) in [6.45, 7) is 0. The number of carbonyl (C=O) groups is 1. The molecule has 0 fully saturated rings. The van der Waals surface area contributed by atoms with E-state index < -0.39 is 5.97 Å². The molecule has 0 saturated carbocycles. The third kappa shape index (κ3) is 3.51. The predicted octanol–water partition coefficient (Wildman–Crippen LogP) is 0.823. The molecule has 3 rings (SSSR count). The number of hydrogen-bond donors (Lipinski definition) is 1. The molecule has 21 heavy (non-hydrogen) atoms. The summed E-state index contributed by atoms with van der Waals surface area (Å²) in [4.78, 5) is 15.4. The van der Waals surface area contributed by atoms with Crippen molar-refractivity contribution in [3.8, 4) is 22.8 Å². The SMILES string of the molecule is O=C(O)c1ccccc1-c1ncc(-c2ccccc2)o1.[H-].[K+]. The maximum Gasteiger partial charge on any atom is 1.00 e. The van der Waals surface area contributed by atoms with E-state index in [2.05, 4.69) is 4.98 Å². The van der Waals surface area contributed by atoms with Gasteiger partial charge in [0.05, 0.1) is 17.3 Å². The van der Waals surface area contributed by atoms with Crippen LogP contribution >= 0.6 is 0 Å². The van der Waals surface area contributed by atoms with Crippen LogP contribution < -0.4 is 51.4 Å². The van der Waals surface area contributed by atoms with Crippen molar-refractivity contribution < 1.29 is 67.1 Å². The summed E-state index contributed by atoms with van der Waals surface area (Å²) in [5.41, 5.74) is 1.55. The minimum Gasteiger partial charge on any atom is -1.00 e. The van der Waals surface area contributed by atoms with E-state index >= 15 is 0 Å². The Bertz CT molecular complexity index is 759. The third-order valence-electron chi connectivity index (χ3n) is 2.95. The Morgan fingerprint density at radius 1 is 1.05 bits per heavy atom. The van der Waals surface area contributed by atoms with E-state index in [-0.39, 0.29) is 58.4 Å². The van der Waals surface area contributed by atoms with Gasteiger partial charge >= 0.3 is 57.4 Å². The van der Waals surface area contributed by atoms with E-state index in [1.165, 1.54) is 6.07 Å². The molecule has 0 spiro atoms. The monoisotopic (exact) mass is 305 g/mol. The Hall–Kier alpha value is -1.24. The van der Waals surface area contributed by atoms with Gasteiger partial charge in [-0.2, -0.15) is 0 Å². The van der Waals surface area contributed by atoms with Gasteiger partial charge in [0, 0.05) is 5.56 Å². The number of rotatable bonds is 3. The van der Waals surface area contributed by atoms with Gasteiger partial charge in [0.25, 0.3) is 0 Å². The van der Waals surface area contributed by atoms with Crippen LogP contribution in [0.15, 0.2) is 65.2 Å². The molecule has 0 aliphatic heterocycles. The number of carboxylic acids is 1. The quantitative estimate of drug-likeness (QED) is 0.728. The topological polar surface area (TPSA) is 63.3 Å². The summed E-state index contributed by atoms with van der Waals surface area (Å²) >= 11 is 0. The molecule has 1 heterocycles. The zero-order chi connectivity index (χ0) is 13.9. The van der Waals surface area contributed by atoms with E-state index in [0.29, 0.717) is 17.2 Å². The maximum absolute atomic E-state index is 11.2. The smallest absolute Gasteiger partial charge is 1.00 e. The molecule has 1 aromatic heterocycles. The van der Waals surface area contributed by atoms with E-state index in [1.807, 2.05) is 30.3 Å². The van der Waals surface area contributed by atoms with Crippen molar-refractivity contribution in [3.63, 3.8) is 0 Å². The van der Waals surface area contributed by atoms with Gasteiger partial charge in [0.2, 0.25) is 5.89 Å². The van der Waals surface area contributed by atoms with Crippen molar-refractivity contribution in [1.29, 1.82) is 0 Å². The van der Waals surface area contributed by atoms with Gasteiger partial charge in [-0.25, -0.2) is 9.78 Å². The van der Waals surface area contributed by atoms with Crippen molar-refractivity contribution in [1.82, 2.24) is 4.98 Å². The van der Waals surface area contributed by atoms with Crippen LogP contribution in [0.5, 0.6) is 0 Å². The number of aromatic carboxylic acids is 1. The maximum atomic E-state index is 11.2. The van der Waals surface area contributed by atoms with Gasteiger partial charge in [-0.05, 0) is 12.1 Å². The molecular weight excluding hydrogens is 293 g/mol. The Kier molecular flexibility index (Phi) is 5.49. The van der Waals surface area contributed by atoms with Gasteiger partial charge in [0.1, 0.15) is 0 Å². The molecule has 4 nitrogen and oxygen atoms in total. The van der Waals surface area contributed by atoms with Gasteiger partial charge in [-0.3, -0.25) is 0 Å². The molecule has 0 aliphatic carbocycles. The summed E-state index contributed by atoms with van der Waals surface area (Å²) < 4.78 is 5.67. The molecule has 0 aliphatic rings. The van der Waals surface area contributed by atoms with E-state index in [9.17, 15) is 9.90 Å². The second kappa shape index (κ2) is 7.15. The Balaban J connectivity index is 0.00000121. The number of carboxylic acid groups (broad SMARTS) is 1. The second-order valence-corrected chi connectivity index (χ2v) is 4.25. The van der Waals surface area contributed by atoms with Gasteiger partial charge in [-0.1, -0.05) is 42.5 Å². The number of hydrogen-bond acceptors (Lipinski definition) is 3. The van der Waals surface area contributed by atoms with E-state index in [1.54, 1.807) is 24.4 Å². The standard InChI is InChI=1S/C16H11NO3.K.H/c18-16(19)13-9-5-4-8-12(13)15-17-10-14(20-15)11-6-2-1-3-7-11;;/h1-10H,(H,18,19);;/q;+1;-1. The van der Waals surface area contributed by atoms with Gasteiger partial charge in [-0.15, -0.1) is 0 Å². The van der Waals surface area contributed by atoms with Crippen LogP contribution in [0.4, 0.5) is 0 Å². The first-order chi connectivity index (χ1) is 9.75. The van der Waals surface area contributed by atoms with Crippen LogP contribution in [0.2, 0.25) is 0 Å². The van der Waals surface area contributed by atoms with Crippen molar-refractivity contribution in [3.05, 3.63) is 66.4 Å². The van der Waals surface area contributed by atoms with Crippen LogP contribution in [-0.2, 0) is 0 Å². The fourth-order valence-electron chi connectivity index (χ4n) is 1.99. The summed E-state index contributed by atoms with van der Waals surface area (Å²) in [7, 11) is 0. The molecule has 100 valence electrons. The minimum atomic E-state index is -1.000. The zero-order valence-electron chi connectivity index (χ0n) is 12.5. The molecule has 0 bridgehead atoms. The van der Waals surface area contributed by atoms with Crippen LogP contribution in [-0.4, -0.2) is 16.1 Å². The normalized spacial score (nSPS) is 9.90. The van der Waals surface area contributed by atoms with Gasteiger partial charge < -0.3 is 11.0 Å². The number of aromatic nitrogens is 1. The largest absolute Gasteiger partial charge is 1.00 e. The number of nitrogens with zero attached hydrogens (tertiary/aromatic N) is 1. The first-order valence-electron chi connectivity index (χ1n) is 6.09. The molecular formula is C16H12KNO3. The first kappa shape index (κ1) is 16.1. The summed E-state index contributed by atoms with van der Waals surface area (Å²) in [5, 5.41) is 9.18. The van der Waals surface area contributed by atoms with Crippen molar-refractivity contribution >= 4 is 5.97 Å². The van der Waals surface area contributed by atoms with E-state index in [0.717, 1.165) is 5.56 Å². The molecule has 0 unspecified atom stereocenters. The molecule has 2 aromatic carbocycles. The summed E-state index contributed by atoms with van der Waals surface area (Å²) in [6.07, 6.45) is 1.60. The average Bonchev–Trinajstić information content (AvgIpc) is 2.98. The van der Waals surface area contributed by atoms with Crippen LogP contribution in [0, 0.1) is 0 Å². The van der Waals surface area contributed by atoms with Crippen LogP contribution in [0.3, 0.4) is 0 Å². The number of benzene rings is 2. The van der Waals surface area contributed by atoms with Crippen molar-refractivity contribution in [2.24, 2.45) is 0 Å². The first-order valence-corrected chi connectivity index (χ1v) is 6.09. The predicted molar refractivity (Wildman–Crippen MR) is 75.4 cm³/mol. The average molecular weight is 305 g/mol. The number of oxazole rings is 1.